The number of nitrogens with one attached hydrogen (secondary N) is 2. The topological polar surface area (TPSA) is 66.9 Å². The molecule has 0 atom stereocenters. The zero-order valence-corrected chi connectivity index (χ0v) is 12.5. The van der Waals surface area contributed by atoms with E-state index < -0.39 is 0 Å². The van der Waals surface area contributed by atoms with Crippen LogP contribution in [0.2, 0.25) is 0 Å². The third kappa shape index (κ3) is 2.99. The predicted molar refractivity (Wildman–Crippen MR) is 89.8 cm³/mol. The van der Waals surface area contributed by atoms with Gasteiger partial charge in [-0.3, -0.25) is 4.79 Å². The maximum Gasteiger partial charge on any atom is 0.251 e. The van der Waals surface area contributed by atoms with Crippen molar-refractivity contribution in [2.75, 3.05) is 5.32 Å². The lowest BCUT2D eigenvalue weighted by molar-refractivity contribution is 0.0951. The number of para-hydroxylation sites is 1. The molecule has 1 heterocycles. The van der Waals surface area contributed by atoms with E-state index in [0.29, 0.717) is 11.6 Å². The Balaban J connectivity index is 1.61. The van der Waals surface area contributed by atoms with Gasteiger partial charge in [-0.05, 0) is 43.2 Å². The van der Waals surface area contributed by atoms with E-state index in [2.05, 4.69) is 20.6 Å². The van der Waals surface area contributed by atoms with Crippen LogP contribution in [-0.4, -0.2) is 21.9 Å². The molecule has 1 amide bonds. The van der Waals surface area contributed by atoms with Crippen molar-refractivity contribution in [2.24, 2.45) is 0 Å². The summed E-state index contributed by atoms with van der Waals surface area (Å²) in [4.78, 5) is 20.7. The monoisotopic (exact) mass is 304 g/mol. The average molecular weight is 304 g/mol. The van der Waals surface area contributed by atoms with Gasteiger partial charge in [0.05, 0.1) is 5.52 Å². The summed E-state index contributed by atoms with van der Waals surface area (Å²) in [7, 11) is 0. The molecule has 23 heavy (non-hydrogen) atoms. The van der Waals surface area contributed by atoms with Crippen LogP contribution in [0, 0.1) is 0 Å². The van der Waals surface area contributed by atoms with Crippen LogP contribution in [0.1, 0.15) is 23.2 Å². The van der Waals surface area contributed by atoms with Crippen LogP contribution in [-0.2, 0) is 0 Å². The molecular weight excluding hydrogens is 288 g/mol. The van der Waals surface area contributed by atoms with Crippen LogP contribution in [0.15, 0.2) is 54.9 Å². The number of carbonyl (C=O) groups excluding carboxylic acids is 1. The Morgan fingerprint density at radius 1 is 1.04 bits per heavy atom. The van der Waals surface area contributed by atoms with E-state index in [9.17, 15) is 4.79 Å². The molecule has 1 fully saturated rings. The molecule has 1 aromatic heterocycles. The minimum atomic E-state index is -0.0244. The van der Waals surface area contributed by atoms with Crippen LogP contribution >= 0.6 is 0 Å². The van der Waals surface area contributed by atoms with Gasteiger partial charge in [0.15, 0.2) is 0 Å². The Bertz CT molecular complexity index is 868. The number of rotatable bonds is 4. The fourth-order valence-corrected chi connectivity index (χ4v) is 2.48. The first-order valence-corrected chi connectivity index (χ1v) is 7.67. The molecule has 0 aliphatic heterocycles. The van der Waals surface area contributed by atoms with Crippen LogP contribution in [0.25, 0.3) is 10.9 Å². The third-order valence-corrected chi connectivity index (χ3v) is 3.84. The Morgan fingerprint density at radius 2 is 1.91 bits per heavy atom. The first-order valence-electron chi connectivity index (χ1n) is 7.67. The summed E-state index contributed by atoms with van der Waals surface area (Å²) in [6.07, 6.45) is 3.70. The van der Waals surface area contributed by atoms with Crippen molar-refractivity contribution in [3.8, 4) is 0 Å². The van der Waals surface area contributed by atoms with Gasteiger partial charge in [0.25, 0.3) is 5.91 Å². The molecule has 2 aromatic carbocycles. The molecule has 2 N–H and O–H groups in total. The first kappa shape index (κ1) is 13.7. The molecule has 1 saturated carbocycles. The number of benzene rings is 2. The second kappa shape index (κ2) is 5.68. The fourth-order valence-electron chi connectivity index (χ4n) is 2.48. The number of hydrogen-bond donors (Lipinski definition) is 2. The quantitative estimate of drug-likeness (QED) is 0.776. The average Bonchev–Trinajstić information content (AvgIpc) is 3.39. The van der Waals surface area contributed by atoms with Gasteiger partial charge in [-0.2, -0.15) is 0 Å². The summed E-state index contributed by atoms with van der Waals surface area (Å²) < 4.78 is 0. The van der Waals surface area contributed by atoms with Crippen molar-refractivity contribution >= 4 is 28.3 Å². The highest BCUT2D eigenvalue weighted by atomic mass is 16.1. The lowest BCUT2D eigenvalue weighted by atomic mass is 10.1. The van der Waals surface area contributed by atoms with Crippen molar-refractivity contribution in [3.05, 3.63) is 60.4 Å². The highest BCUT2D eigenvalue weighted by Crippen LogP contribution is 2.24. The standard InChI is InChI=1S/C18H16N4O/c23-18(22-13-8-9-13)12-4-3-5-14(10-12)21-17-15-6-1-2-7-16(15)19-11-20-17/h1-7,10-11,13H,8-9H2,(H,22,23)(H,19,20,21). The van der Waals surface area contributed by atoms with Crippen molar-refractivity contribution in [3.63, 3.8) is 0 Å². The van der Waals surface area contributed by atoms with Gasteiger partial charge in [0.1, 0.15) is 12.1 Å². The molecule has 3 aromatic rings. The summed E-state index contributed by atoms with van der Waals surface area (Å²) in [5, 5.41) is 7.23. The van der Waals surface area contributed by atoms with Crippen LogP contribution in [0.3, 0.4) is 0 Å². The number of hydrogen-bond acceptors (Lipinski definition) is 4. The number of carbonyl (C=O) groups is 1. The molecule has 0 bridgehead atoms. The number of fused-ring (bicyclic) bond motifs is 1. The fraction of sp³-hybridized carbons (Fsp3) is 0.167. The van der Waals surface area contributed by atoms with Gasteiger partial charge >= 0.3 is 0 Å². The first-order chi connectivity index (χ1) is 11.3. The SMILES string of the molecule is O=C(NC1CC1)c1cccc(Nc2ncnc3ccccc23)c1. The summed E-state index contributed by atoms with van der Waals surface area (Å²) in [6.45, 7) is 0. The molecule has 5 heteroatoms. The maximum absolute atomic E-state index is 12.1. The Kier molecular flexibility index (Phi) is 3.38. The number of aromatic nitrogens is 2. The molecule has 1 aliphatic carbocycles. The van der Waals surface area contributed by atoms with Crippen molar-refractivity contribution in [1.29, 1.82) is 0 Å². The van der Waals surface area contributed by atoms with Crippen molar-refractivity contribution in [2.45, 2.75) is 18.9 Å². The zero-order chi connectivity index (χ0) is 15.6. The summed E-state index contributed by atoms with van der Waals surface area (Å²) >= 11 is 0. The van der Waals surface area contributed by atoms with E-state index in [4.69, 9.17) is 0 Å². The van der Waals surface area contributed by atoms with E-state index in [1.807, 2.05) is 48.5 Å². The maximum atomic E-state index is 12.1. The number of anilines is 2. The minimum absolute atomic E-state index is 0.0244. The van der Waals surface area contributed by atoms with Gasteiger partial charge in [0.2, 0.25) is 0 Å². The van der Waals surface area contributed by atoms with Gasteiger partial charge in [-0.1, -0.05) is 18.2 Å². The van der Waals surface area contributed by atoms with Gasteiger partial charge in [-0.15, -0.1) is 0 Å². The largest absolute Gasteiger partial charge is 0.349 e. The molecule has 1 aliphatic rings. The molecule has 0 spiro atoms. The van der Waals surface area contributed by atoms with Crippen molar-refractivity contribution < 1.29 is 4.79 Å². The molecule has 114 valence electrons. The Morgan fingerprint density at radius 3 is 2.78 bits per heavy atom. The summed E-state index contributed by atoms with van der Waals surface area (Å²) in [6, 6.07) is 15.6. The summed E-state index contributed by atoms with van der Waals surface area (Å²) in [5.41, 5.74) is 2.37. The van der Waals surface area contributed by atoms with E-state index in [1.54, 1.807) is 0 Å². The molecule has 0 saturated heterocycles. The van der Waals surface area contributed by atoms with E-state index >= 15 is 0 Å². The lowest BCUT2D eigenvalue weighted by Crippen LogP contribution is -2.25. The molecule has 5 nitrogen and oxygen atoms in total. The Labute approximate surface area is 133 Å². The highest BCUT2D eigenvalue weighted by molar-refractivity contribution is 5.96. The van der Waals surface area contributed by atoms with E-state index in [0.717, 1.165) is 35.2 Å². The third-order valence-electron chi connectivity index (χ3n) is 3.84. The number of amides is 1. The van der Waals surface area contributed by atoms with Gasteiger partial charge in [0, 0.05) is 22.7 Å². The van der Waals surface area contributed by atoms with E-state index in [-0.39, 0.29) is 5.91 Å². The van der Waals surface area contributed by atoms with Crippen LogP contribution in [0.5, 0.6) is 0 Å². The normalized spacial score (nSPS) is 13.7. The van der Waals surface area contributed by atoms with Crippen LogP contribution < -0.4 is 10.6 Å². The second-order valence-corrected chi connectivity index (χ2v) is 5.69. The predicted octanol–water partition coefficient (Wildman–Crippen LogP) is 3.27. The molecule has 0 radical (unpaired) electrons. The lowest BCUT2D eigenvalue weighted by Gasteiger charge is -2.10. The summed E-state index contributed by atoms with van der Waals surface area (Å²) in [5.74, 6) is 0.707. The van der Waals surface area contributed by atoms with E-state index in [1.165, 1.54) is 6.33 Å². The Hall–Kier alpha value is -2.95. The van der Waals surface area contributed by atoms with Gasteiger partial charge < -0.3 is 10.6 Å². The highest BCUT2D eigenvalue weighted by Gasteiger charge is 2.23. The van der Waals surface area contributed by atoms with Gasteiger partial charge in [-0.25, -0.2) is 9.97 Å². The van der Waals surface area contributed by atoms with Crippen molar-refractivity contribution in [1.82, 2.24) is 15.3 Å². The molecular formula is C18H16N4O. The molecule has 4 rings (SSSR count). The minimum Gasteiger partial charge on any atom is -0.349 e. The zero-order valence-electron chi connectivity index (χ0n) is 12.5. The van der Waals surface area contributed by atoms with Crippen LogP contribution in [0.4, 0.5) is 11.5 Å². The number of nitrogens with zero attached hydrogens (tertiary/aromatic N) is 2. The smallest absolute Gasteiger partial charge is 0.251 e. The second-order valence-electron chi connectivity index (χ2n) is 5.69. The molecule has 0 unspecified atom stereocenters.